The summed E-state index contributed by atoms with van der Waals surface area (Å²) in [6, 6.07) is 7.54. The third-order valence-electron chi connectivity index (χ3n) is 3.40. The summed E-state index contributed by atoms with van der Waals surface area (Å²) >= 11 is 0. The zero-order chi connectivity index (χ0) is 13.2. The molecule has 1 atom stereocenters. The van der Waals surface area contributed by atoms with E-state index in [9.17, 15) is 4.79 Å². The van der Waals surface area contributed by atoms with Gasteiger partial charge in [-0.25, -0.2) is 0 Å². The summed E-state index contributed by atoms with van der Waals surface area (Å²) in [6.45, 7) is 2.09. The van der Waals surface area contributed by atoms with Crippen LogP contribution in [-0.2, 0) is 4.74 Å². The van der Waals surface area contributed by atoms with Crippen LogP contribution in [0.3, 0.4) is 0 Å². The average Bonchev–Trinajstić information content (AvgIpc) is 2.90. The van der Waals surface area contributed by atoms with Crippen LogP contribution in [0.25, 0.3) is 11.0 Å². The molecule has 2 N–H and O–H groups in total. The highest BCUT2D eigenvalue weighted by Crippen LogP contribution is 2.22. The average molecular weight is 260 g/mol. The maximum Gasteiger partial charge on any atom is 0.257 e. The number of furan rings is 1. The molecule has 2 heterocycles. The first kappa shape index (κ1) is 12.2. The van der Waals surface area contributed by atoms with Gasteiger partial charge in [-0.3, -0.25) is 4.79 Å². The molecule has 1 aromatic carbocycles. The third-order valence-corrected chi connectivity index (χ3v) is 3.40. The van der Waals surface area contributed by atoms with E-state index in [2.05, 4.69) is 0 Å². The fourth-order valence-corrected chi connectivity index (χ4v) is 2.36. The van der Waals surface area contributed by atoms with Gasteiger partial charge >= 0.3 is 0 Å². The second kappa shape index (κ2) is 5.03. The molecular formula is C14H16N2O3. The van der Waals surface area contributed by atoms with Gasteiger partial charge in [0.25, 0.3) is 5.91 Å². The van der Waals surface area contributed by atoms with Crippen LogP contribution in [0.15, 0.2) is 34.9 Å². The van der Waals surface area contributed by atoms with E-state index in [4.69, 9.17) is 14.9 Å². The van der Waals surface area contributed by atoms with Gasteiger partial charge < -0.3 is 19.8 Å². The molecule has 1 fully saturated rings. The van der Waals surface area contributed by atoms with Gasteiger partial charge in [-0.1, -0.05) is 18.2 Å². The third kappa shape index (κ3) is 2.22. The molecule has 19 heavy (non-hydrogen) atoms. The largest absolute Gasteiger partial charge is 0.463 e. The number of fused-ring (bicyclic) bond motifs is 1. The molecule has 1 aromatic heterocycles. The van der Waals surface area contributed by atoms with E-state index in [1.807, 2.05) is 24.3 Å². The summed E-state index contributed by atoms with van der Waals surface area (Å²) in [5.41, 5.74) is 6.93. The zero-order valence-corrected chi connectivity index (χ0v) is 10.5. The lowest BCUT2D eigenvalue weighted by atomic mass is 10.1. The van der Waals surface area contributed by atoms with Crippen molar-refractivity contribution in [2.45, 2.75) is 6.10 Å². The fraction of sp³-hybridized carbons (Fsp3) is 0.357. The number of hydrogen-bond acceptors (Lipinski definition) is 4. The fourth-order valence-electron chi connectivity index (χ4n) is 2.36. The van der Waals surface area contributed by atoms with Crippen molar-refractivity contribution in [1.29, 1.82) is 0 Å². The number of amides is 1. The minimum absolute atomic E-state index is 0.0216. The number of rotatable bonds is 2. The quantitative estimate of drug-likeness (QED) is 0.881. The lowest BCUT2D eigenvalue weighted by Gasteiger charge is -2.32. The highest BCUT2D eigenvalue weighted by atomic mass is 16.5. The lowest BCUT2D eigenvalue weighted by molar-refractivity contribution is -0.0167. The van der Waals surface area contributed by atoms with Crippen LogP contribution in [0.2, 0.25) is 0 Å². The summed E-state index contributed by atoms with van der Waals surface area (Å²) in [7, 11) is 0. The van der Waals surface area contributed by atoms with E-state index in [0.717, 1.165) is 11.0 Å². The van der Waals surface area contributed by atoms with Crippen LogP contribution in [0.4, 0.5) is 0 Å². The Morgan fingerprint density at radius 3 is 3.11 bits per heavy atom. The Morgan fingerprint density at radius 2 is 2.26 bits per heavy atom. The van der Waals surface area contributed by atoms with E-state index < -0.39 is 0 Å². The number of benzene rings is 1. The molecule has 100 valence electrons. The van der Waals surface area contributed by atoms with Gasteiger partial charge in [-0.15, -0.1) is 0 Å². The SMILES string of the molecule is NCC1CN(C(=O)c2coc3ccccc23)CCO1. The predicted molar refractivity (Wildman–Crippen MR) is 70.9 cm³/mol. The van der Waals surface area contributed by atoms with Crippen LogP contribution < -0.4 is 5.73 Å². The van der Waals surface area contributed by atoms with Gasteiger partial charge in [0, 0.05) is 25.0 Å². The number of hydrogen-bond donors (Lipinski definition) is 1. The smallest absolute Gasteiger partial charge is 0.257 e. The molecule has 2 aromatic rings. The maximum atomic E-state index is 12.5. The molecule has 0 aliphatic carbocycles. The van der Waals surface area contributed by atoms with Crippen LogP contribution in [0.5, 0.6) is 0 Å². The minimum Gasteiger partial charge on any atom is -0.463 e. The molecule has 5 nitrogen and oxygen atoms in total. The molecule has 1 aliphatic heterocycles. The van der Waals surface area contributed by atoms with Crippen molar-refractivity contribution in [3.63, 3.8) is 0 Å². The molecule has 1 amide bonds. The van der Waals surface area contributed by atoms with Gasteiger partial charge in [0.15, 0.2) is 0 Å². The van der Waals surface area contributed by atoms with E-state index in [0.29, 0.717) is 31.8 Å². The Bertz CT molecular complexity index is 593. The highest BCUT2D eigenvalue weighted by molar-refractivity contribution is 6.05. The van der Waals surface area contributed by atoms with Crippen molar-refractivity contribution in [1.82, 2.24) is 4.90 Å². The van der Waals surface area contributed by atoms with Crippen molar-refractivity contribution in [3.05, 3.63) is 36.1 Å². The Balaban J connectivity index is 1.87. The van der Waals surface area contributed by atoms with Gasteiger partial charge in [0.1, 0.15) is 11.8 Å². The van der Waals surface area contributed by atoms with E-state index in [1.54, 1.807) is 4.90 Å². The minimum atomic E-state index is -0.0733. The Labute approximate surface area is 110 Å². The van der Waals surface area contributed by atoms with Crippen molar-refractivity contribution < 1.29 is 13.9 Å². The summed E-state index contributed by atoms with van der Waals surface area (Å²) in [5, 5.41) is 0.850. The molecule has 0 saturated carbocycles. The number of para-hydroxylation sites is 1. The molecule has 0 bridgehead atoms. The van der Waals surface area contributed by atoms with Crippen molar-refractivity contribution in [2.24, 2.45) is 5.73 Å². The molecule has 1 saturated heterocycles. The van der Waals surface area contributed by atoms with Crippen LogP contribution in [0.1, 0.15) is 10.4 Å². The summed E-state index contributed by atoms with van der Waals surface area (Å²) in [5.74, 6) is -0.0216. The number of morpholine rings is 1. The van der Waals surface area contributed by atoms with Gasteiger partial charge in [0.05, 0.1) is 18.3 Å². The second-order valence-corrected chi connectivity index (χ2v) is 4.63. The summed E-state index contributed by atoms with van der Waals surface area (Å²) < 4.78 is 10.9. The van der Waals surface area contributed by atoms with Crippen molar-refractivity contribution in [3.8, 4) is 0 Å². The predicted octanol–water partition coefficient (Wildman–Crippen LogP) is 1.23. The van der Waals surface area contributed by atoms with Gasteiger partial charge in [-0.2, -0.15) is 0 Å². The van der Waals surface area contributed by atoms with Gasteiger partial charge in [-0.05, 0) is 6.07 Å². The van der Waals surface area contributed by atoms with E-state index >= 15 is 0 Å². The summed E-state index contributed by atoms with van der Waals surface area (Å²) in [6.07, 6.45) is 1.45. The molecule has 3 rings (SSSR count). The second-order valence-electron chi connectivity index (χ2n) is 4.63. The lowest BCUT2D eigenvalue weighted by Crippen LogP contribution is -2.48. The zero-order valence-electron chi connectivity index (χ0n) is 10.5. The molecule has 1 unspecified atom stereocenters. The number of ether oxygens (including phenoxy) is 1. The Morgan fingerprint density at radius 1 is 1.42 bits per heavy atom. The van der Waals surface area contributed by atoms with Gasteiger partial charge in [0.2, 0.25) is 0 Å². The highest BCUT2D eigenvalue weighted by Gasteiger charge is 2.26. The van der Waals surface area contributed by atoms with Crippen LogP contribution in [-0.4, -0.2) is 43.2 Å². The summed E-state index contributed by atoms with van der Waals surface area (Å²) in [4.78, 5) is 14.3. The molecule has 0 radical (unpaired) electrons. The van der Waals surface area contributed by atoms with E-state index in [1.165, 1.54) is 6.26 Å². The molecular weight excluding hydrogens is 244 g/mol. The number of carbonyl (C=O) groups is 1. The van der Waals surface area contributed by atoms with Crippen molar-refractivity contribution >= 4 is 16.9 Å². The first-order valence-corrected chi connectivity index (χ1v) is 6.37. The topological polar surface area (TPSA) is 68.7 Å². The number of nitrogens with zero attached hydrogens (tertiary/aromatic N) is 1. The van der Waals surface area contributed by atoms with Crippen LogP contribution >= 0.6 is 0 Å². The number of carbonyl (C=O) groups excluding carboxylic acids is 1. The van der Waals surface area contributed by atoms with Crippen LogP contribution in [0, 0.1) is 0 Å². The standard InChI is InChI=1S/C14H16N2O3/c15-7-10-8-16(5-6-18-10)14(17)12-9-19-13-4-2-1-3-11(12)13/h1-4,9-10H,5-8,15H2. The number of nitrogens with two attached hydrogens (primary N) is 1. The van der Waals surface area contributed by atoms with E-state index in [-0.39, 0.29) is 12.0 Å². The normalized spacial score (nSPS) is 19.8. The monoisotopic (exact) mass is 260 g/mol. The Hall–Kier alpha value is -1.85. The molecule has 0 spiro atoms. The molecule has 1 aliphatic rings. The maximum absolute atomic E-state index is 12.5. The first-order valence-electron chi connectivity index (χ1n) is 6.37. The van der Waals surface area contributed by atoms with Crippen molar-refractivity contribution in [2.75, 3.05) is 26.2 Å². The molecule has 5 heteroatoms. The Kier molecular flexibility index (Phi) is 3.23. The first-order chi connectivity index (χ1) is 9.29.